The maximum absolute atomic E-state index is 5.49. The molecule has 0 unspecified atom stereocenters. The van der Waals surface area contributed by atoms with Gasteiger partial charge in [-0.05, 0) is 156 Å². The Bertz CT molecular complexity index is 364. The smallest absolute Gasteiger partial charge is 0.00368 e. The largest absolute Gasteiger partial charge is 0.330 e. The molecule has 0 aromatic carbocycles. The Kier molecular flexibility index (Phi) is 36.4. The lowest BCUT2D eigenvalue weighted by atomic mass is 10.1. The lowest BCUT2D eigenvalue weighted by Gasteiger charge is -2.08. The van der Waals surface area contributed by atoms with Crippen molar-refractivity contribution in [3.8, 4) is 0 Å². The van der Waals surface area contributed by atoms with E-state index >= 15 is 0 Å². The van der Waals surface area contributed by atoms with Gasteiger partial charge in [0.15, 0.2) is 0 Å². The average molecular weight is 543 g/mol. The predicted molar refractivity (Wildman–Crippen MR) is 169 cm³/mol. The molecule has 230 valence electrons. The van der Waals surface area contributed by atoms with Gasteiger partial charge in [-0.25, -0.2) is 0 Å². The highest BCUT2D eigenvalue weighted by Crippen LogP contribution is 2.08. The van der Waals surface area contributed by atoms with Gasteiger partial charge in [0.05, 0.1) is 0 Å². The molecule has 0 saturated carbocycles. The van der Waals surface area contributed by atoms with E-state index in [9.17, 15) is 0 Å². The van der Waals surface area contributed by atoms with Crippen molar-refractivity contribution in [3.63, 3.8) is 0 Å². The topological polar surface area (TPSA) is 124 Å². The zero-order valence-corrected chi connectivity index (χ0v) is 25.4. The fourth-order valence-electron chi connectivity index (χ4n) is 4.44. The molecule has 8 nitrogen and oxygen atoms in total. The Balaban J connectivity index is 3.01. The first kappa shape index (κ1) is 37.7. The highest BCUT2D eigenvalue weighted by atomic mass is 14.9. The van der Waals surface area contributed by atoms with Crippen molar-refractivity contribution in [3.05, 3.63) is 0 Å². The summed E-state index contributed by atoms with van der Waals surface area (Å²) >= 11 is 0. The van der Waals surface area contributed by atoms with Gasteiger partial charge < -0.3 is 43.4 Å². The Morgan fingerprint density at radius 2 is 0.395 bits per heavy atom. The summed E-state index contributed by atoms with van der Waals surface area (Å²) in [4.78, 5) is 0. The summed E-state index contributed by atoms with van der Waals surface area (Å²) in [5, 5.41) is 21.2. The van der Waals surface area contributed by atoms with E-state index in [1.54, 1.807) is 0 Å². The van der Waals surface area contributed by atoms with Gasteiger partial charge in [0.2, 0.25) is 0 Å². The molecular formula is C30H70N8. The summed E-state index contributed by atoms with van der Waals surface area (Å²) in [5.41, 5.74) is 11.0. The van der Waals surface area contributed by atoms with E-state index in [1.165, 1.54) is 103 Å². The molecule has 0 atom stereocenters. The van der Waals surface area contributed by atoms with Crippen LogP contribution in [0.4, 0.5) is 0 Å². The molecule has 0 aromatic heterocycles. The predicted octanol–water partition coefficient (Wildman–Crippen LogP) is 2.68. The summed E-state index contributed by atoms with van der Waals surface area (Å²) in [5.74, 6) is 0. The van der Waals surface area contributed by atoms with Crippen LogP contribution in [0.25, 0.3) is 0 Å². The Hall–Kier alpha value is -0.320. The van der Waals surface area contributed by atoms with Gasteiger partial charge in [-0.1, -0.05) is 38.5 Å². The first-order chi connectivity index (χ1) is 18.9. The molecule has 0 rings (SSSR count). The molecule has 0 amide bonds. The van der Waals surface area contributed by atoms with E-state index < -0.39 is 0 Å². The lowest BCUT2D eigenvalue weighted by Crippen LogP contribution is -2.24. The molecule has 0 saturated heterocycles. The van der Waals surface area contributed by atoms with E-state index in [0.29, 0.717) is 0 Å². The van der Waals surface area contributed by atoms with Crippen molar-refractivity contribution in [1.82, 2.24) is 31.9 Å². The van der Waals surface area contributed by atoms with Crippen LogP contribution in [0.2, 0.25) is 0 Å². The van der Waals surface area contributed by atoms with Gasteiger partial charge in [0.1, 0.15) is 0 Å². The zero-order chi connectivity index (χ0) is 27.5. The maximum atomic E-state index is 5.49. The normalized spacial score (nSPS) is 11.5. The molecule has 0 bridgehead atoms. The SMILES string of the molecule is NCCCNCCCCNCCCNCCCCCCCCCCNCCCNCCCCNCCCN. The minimum atomic E-state index is 0.788. The van der Waals surface area contributed by atoms with Crippen molar-refractivity contribution in [2.24, 2.45) is 11.5 Å². The van der Waals surface area contributed by atoms with Gasteiger partial charge in [-0.15, -0.1) is 0 Å². The van der Waals surface area contributed by atoms with Crippen LogP contribution in [0.15, 0.2) is 0 Å². The van der Waals surface area contributed by atoms with E-state index in [4.69, 9.17) is 11.5 Å². The van der Waals surface area contributed by atoms with Gasteiger partial charge in [-0.3, -0.25) is 0 Å². The fourth-order valence-corrected chi connectivity index (χ4v) is 4.44. The van der Waals surface area contributed by atoms with Crippen LogP contribution in [0.3, 0.4) is 0 Å². The van der Waals surface area contributed by atoms with E-state index in [0.717, 1.165) is 91.4 Å². The standard InChI is InChI=1S/C30H70N8/c31-17-13-25-33-21-9-11-23-37-29-15-27-35-19-7-5-3-1-2-4-6-8-20-36-28-16-30-38-24-12-10-22-34-26-14-18-32/h33-38H,1-32H2. The third kappa shape index (κ3) is 35.7. The fraction of sp³-hybridized carbons (Fsp3) is 1.00. The molecule has 0 aromatic rings. The molecule has 0 aliphatic carbocycles. The van der Waals surface area contributed by atoms with E-state index in [-0.39, 0.29) is 0 Å². The first-order valence-electron chi connectivity index (χ1n) is 16.6. The first-order valence-corrected chi connectivity index (χ1v) is 16.6. The molecule has 38 heavy (non-hydrogen) atoms. The molecular weight excluding hydrogens is 472 g/mol. The number of nitrogens with one attached hydrogen (secondary N) is 6. The van der Waals surface area contributed by atoms with Crippen LogP contribution in [0, 0.1) is 0 Å². The van der Waals surface area contributed by atoms with Crippen LogP contribution in [0.1, 0.15) is 103 Å². The lowest BCUT2D eigenvalue weighted by molar-refractivity contribution is 0.525. The number of hydrogen-bond acceptors (Lipinski definition) is 8. The van der Waals surface area contributed by atoms with Crippen LogP contribution in [-0.4, -0.2) is 91.6 Å². The van der Waals surface area contributed by atoms with Crippen molar-refractivity contribution in [2.75, 3.05) is 91.6 Å². The minimum Gasteiger partial charge on any atom is -0.330 e. The van der Waals surface area contributed by atoms with E-state index in [1.807, 2.05) is 0 Å². The molecule has 10 N–H and O–H groups in total. The number of rotatable bonds is 35. The van der Waals surface area contributed by atoms with Gasteiger partial charge in [-0.2, -0.15) is 0 Å². The monoisotopic (exact) mass is 543 g/mol. The summed E-state index contributed by atoms with van der Waals surface area (Å²) in [6, 6.07) is 0. The van der Waals surface area contributed by atoms with Crippen molar-refractivity contribution in [1.29, 1.82) is 0 Å². The van der Waals surface area contributed by atoms with Crippen LogP contribution >= 0.6 is 0 Å². The molecule has 0 spiro atoms. The minimum absolute atomic E-state index is 0.788. The van der Waals surface area contributed by atoms with Crippen LogP contribution < -0.4 is 43.4 Å². The number of hydrogen-bond donors (Lipinski definition) is 8. The highest BCUT2D eigenvalue weighted by Gasteiger charge is 1.95. The molecule has 0 heterocycles. The van der Waals surface area contributed by atoms with Crippen molar-refractivity contribution < 1.29 is 0 Å². The Labute approximate surface area is 237 Å². The quantitative estimate of drug-likeness (QED) is 0.0575. The second kappa shape index (κ2) is 36.7. The van der Waals surface area contributed by atoms with Crippen molar-refractivity contribution in [2.45, 2.75) is 103 Å². The maximum Gasteiger partial charge on any atom is -0.00368 e. The van der Waals surface area contributed by atoms with Gasteiger partial charge in [0.25, 0.3) is 0 Å². The average Bonchev–Trinajstić information content (AvgIpc) is 2.93. The summed E-state index contributed by atoms with van der Waals surface area (Å²) < 4.78 is 0. The van der Waals surface area contributed by atoms with Crippen LogP contribution in [-0.2, 0) is 0 Å². The second-order valence-corrected chi connectivity index (χ2v) is 10.7. The molecule has 0 aliphatic rings. The molecule has 0 aliphatic heterocycles. The zero-order valence-electron chi connectivity index (χ0n) is 25.4. The molecule has 0 fully saturated rings. The van der Waals surface area contributed by atoms with Crippen LogP contribution in [0.5, 0.6) is 0 Å². The van der Waals surface area contributed by atoms with Gasteiger partial charge >= 0.3 is 0 Å². The highest BCUT2D eigenvalue weighted by molar-refractivity contribution is 4.57. The summed E-state index contributed by atoms with van der Waals surface area (Å²) in [6.45, 7) is 15.1. The summed E-state index contributed by atoms with van der Waals surface area (Å²) in [6.07, 6.45) is 20.7. The third-order valence-corrected chi connectivity index (χ3v) is 6.90. The molecule has 8 heteroatoms. The Morgan fingerprint density at radius 1 is 0.211 bits per heavy atom. The number of nitrogens with two attached hydrogens (primary N) is 2. The Morgan fingerprint density at radius 3 is 0.658 bits per heavy atom. The van der Waals surface area contributed by atoms with E-state index in [2.05, 4.69) is 31.9 Å². The van der Waals surface area contributed by atoms with Crippen molar-refractivity contribution >= 4 is 0 Å². The van der Waals surface area contributed by atoms with Gasteiger partial charge in [0, 0.05) is 0 Å². The second-order valence-electron chi connectivity index (χ2n) is 10.7. The third-order valence-electron chi connectivity index (χ3n) is 6.90. The molecule has 0 radical (unpaired) electrons. The summed E-state index contributed by atoms with van der Waals surface area (Å²) in [7, 11) is 0. The number of unbranched alkanes of at least 4 members (excludes halogenated alkanes) is 9.